The number of aromatic nitrogens is 2. The van der Waals surface area contributed by atoms with Gasteiger partial charge in [-0.25, -0.2) is 14.2 Å². The summed E-state index contributed by atoms with van der Waals surface area (Å²) in [7, 11) is 0. The zero-order valence-corrected chi connectivity index (χ0v) is 14.7. The molecule has 8 heteroatoms. The second-order valence-electron chi connectivity index (χ2n) is 5.90. The third kappa shape index (κ3) is 4.00. The summed E-state index contributed by atoms with van der Waals surface area (Å²) in [6.07, 6.45) is 0.867. The summed E-state index contributed by atoms with van der Waals surface area (Å²) in [5.41, 5.74) is 2.70. The number of carbonyl (C=O) groups is 2. The summed E-state index contributed by atoms with van der Waals surface area (Å²) in [5.74, 6) is -0.472. The van der Waals surface area contributed by atoms with Crippen LogP contribution in [0.2, 0.25) is 0 Å². The Morgan fingerprint density at radius 1 is 1.19 bits per heavy atom. The predicted molar refractivity (Wildman–Crippen MR) is 100 cm³/mol. The third-order valence-electron chi connectivity index (χ3n) is 3.94. The van der Waals surface area contributed by atoms with Crippen LogP contribution in [-0.4, -0.2) is 27.1 Å². The van der Waals surface area contributed by atoms with Crippen LogP contribution >= 0.6 is 0 Å². The molecule has 2 amide bonds. The average molecular weight is 368 g/mol. The molecule has 3 aromatic rings. The van der Waals surface area contributed by atoms with Crippen molar-refractivity contribution in [2.75, 3.05) is 10.6 Å². The van der Waals surface area contributed by atoms with Gasteiger partial charge in [-0.05, 0) is 30.2 Å². The van der Waals surface area contributed by atoms with Crippen LogP contribution in [0, 0.1) is 5.82 Å². The Bertz CT molecular complexity index is 1050. The minimum Gasteiger partial charge on any atom is -0.465 e. The van der Waals surface area contributed by atoms with E-state index in [4.69, 9.17) is 5.11 Å². The van der Waals surface area contributed by atoms with Crippen molar-refractivity contribution in [1.82, 2.24) is 9.97 Å². The fraction of sp³-hybridized carbons (Fsp3) is 0.158. The maximum atomic E-state index is 13.8. The highest BCUT2D eigenvalue weighted by molar-refractivity contribution is 5.92. The van der Waals surface area contributed by atoms with Gasteiger partial charge in [0.25, 0.3) is 0 Å². The molecule has 1 aromatic carbocycles. The van der Waals surface area contributed by atoms with Gasteiger partial charge in [0.05, 0.1) is 11.2 Å². The van der Waals surface area contributed by atoms with E-state index in [9.17, 15) is 14.0 Å². The number of anilines is 2. The first kappa shape index (κ1) is 18.2. The first-order valence-electron chi connectivity index (χ1n) is 8.24. The van der Waals surface area contributed by atoms with E-state index in [1.807, 2.05) is 13.0 Å². The van der Waals surface area contributed by atoms with E-state index in [-0.39, 0.29) is 11.6 Å². The van der Waals surface area contributed by atoms with E-state index >= 15 is 0 Å². The number of hydrogen-bond donors (Lipinski definition) is 3. The molecule has 0 aliphatic rings. The van der Waals surface area contributed by atoms with Gasteiger partial charge in [-0.1, -0.05) is 13.0 Å². The number of fused-ring (bicyclic) bond motifs is 1. The second-order valence-corrected chi connectivity index (χ2v) is 5.90. The highest BCUT2D eigenvalue weighted by atomic mass is 19.1. The van der Waals surface area contributed by atoms with Crippen molar-refractivity contribution in [2.24, 2.45) is 0 Å². The smallest absolute Gasteiger partial charge is 0.409 e. The number of amides is 2. The maximum Gasteiger partial charge on any atom is 0.409 e. The molecule has 0 saturated heterocycles. The van der Waals surface area contributed by atoms with Crippen LogP contribution in [0.15, 0.2) is 36.5 Å². The van der Waals surface area contributed by atoms with Crippen molar-refractivity contribution in [3.05, 3.63) is 48.0 Å². The fourth-order valence-corrected chi connectivity index (χ4v) is 2.78. The number of aryl methyl sites for hydroxylation is 1. The quantitative estimate of drug-likeness (QED) is 0.644. The number of pyridine rings is 2. The van der Waals surface area contributed by atoms with Crippen molar-refractivity contribution in [2.45, 2.75) is 20.3 Å². The first-order valence-corrected chi connectivity index (χ1v) is 8.24. The number of nitrogens with zero attached hydrogens (tertiary/aromatic N) is 2. The molecule has 3 N–H and O–H groups in total. The Balaban J connectivity index is 2.11. The number of carboxylic acid groups (broad SMARTS) is 1. The van der Waals surface area contributed by atoms with Crippen LogP contribution in [0.5, 0.6) is 0 Å². The van der Waals surface area contributed by atoms with Crippen LogP contribution in [0.4, 0.5) is 20.7 Å². The molecule has 0 aliphatic heterocycles. The first-order chi connectivity index (χ1) is 12.9. The lowest BCUT2D eigenvalue weighted by molar-refractivity contribution is -0.114. The molecule has 0 radical (unpaired) electrons. The monoisotopic (exact) mass is 368 g/mol. The molecular weight excluding hydrogens is 351 g/mol. The summed E-state index contributed by atoms with van der Waals surface area (Å²) in [6.45, 7) is 3.34. The van der Waals surface area contributed by atoms with E-state index in [0.717, 1.165) is 16.6 Å². The third-order valence-corrected chi connectivity index (χ3v) is 3.94. The predicted octanol–water partition coefficient (Wildman–Crippen LogP) is 4.05. The maximum absolute atomic E-state index is 13.8. The van der Waals surface area contributed by atoms with Crippen LogP contribution in [-0.2, 0) is 11.2 Å². The van der Waals surface area contributed by atoms with Gasteiger partial charge in [0.1, 0.15) is 11.6 Å². The van der Waals surface area contributed by atoms with Crippen LogP contribution in [0.3, 0.4) is 0 Å². The van der Waals surface area contributed by atoms with Gasteiger partial charge in [-0.3, -0.25) is 15.1 Å². The molecule has 3 rings (SSSR count). The molecule has 138 valence electrons. The number of benzene rings is 1. The van der Waals surface area contributed by atoms with Crippen molar-refractivity contribution < 1.29 is 19.1 Å². The summed E-state index contributed by atoms with van der Waals surface area (Å²) >= 11 is 0. The molecule has 0 bridgehead atoms. The number of nitrogens with one attached hydrogen (secondary N) is 2. The van der Waals surface area contributed by atoms with Crippen LogP contribution < -0.4 is 10.6 Å². The summed E-state index contributed by atoms with van der Waals surface area (Å²) in [6, 6.07) is 7.77. The molecule has 0 saturated carbocycles. The Morgan fingerprint density at radius 2 is 1.96 bits per heavy atom. The standard InChI is InChI=1S/C19H17FN4O3/c1-3-15-13(11-4-5-14(20)17(7-11)24-19(26)27)6-12-9-21-18(22-10(2)25)8-16(12)23-15/h4-9,24H,3H2,1-2H3,(H,26,27)(H,21,22,25). The van der Waals surface area contributed by atoms with Gasteiger partial charge < -0.3 is 10.4 Å². The van der Waals surface area contributed by atoms with E-state index in [0.29, 0.717) is 23.3 Å². The normalized spacial score (nSPS) is 10.6. The zero-order chi connectivity index (χ0) is 19.6. The van der Waals surface area contributed by atoms with Crippen molar-refractivity contribution in [3.8, 4) is 11.1 Å². The minimum absolute atomic E-state index is 0.124. The fourth-order valence-electron chi connectivity index (χ4n) is 2.78. The molecule has 0 unspecified atom stereocenters. The van der Waals surface area contributed by atoms with Gasteiger partial charge in [0.2, 0.25) is 5.91 Å². The lowest BCUT2D eigenvalue weighted by atomic mass is 10.00. The topological polar surface area (TPSA) is 104 Å². The Labute approximate surface area is 154 Å². The van der Waals surface area contributed by atoms with Crippen molar-refractivity contribution in [1.29, 1.82) is 0 Å². The zero-order valence-electron chi connectivity index (χ0n) is 14.7. The highest BCUT2D eigenvalue weighted by Gasteiger charge is 2.13. The lowest BCUT2D eigenvalue weighted by Crippen LogP contribution is -2.09. The van der Waals surface area contributed by atoms with E-state index in [1.54, 1.807) is 18.3 Å². The number of halogens is 1. The molecule has 0 atom stereocenters. The molecule has 0 fully saturated rings. The van der Waals surface area contributed by atoms with Crippen molar-refractivity contribution >= 4 is 34.4 Å². The summed E-state index contributed by atoms with van der Waals surface area (Å²) in [5, 5.41) is 14.3. The average Bonchev–Trinajstić information content (AvgIpc) is 2.61. The molecule has 27 heavy (non-hydrogen) atoms. The van der Waals surface area contributed by atoms with Gasteiger partial charge in [0, 0.05) is 35.8 Å². The van der Waals surface area contributed by atoms with Crippen LogP contribution in [0.1, 0.15) is 19.5 Å². The molecule has 2 heterocycles. The molecule has 0 aliphatic carbocycles. The lowest BCUT2D eigenvalue weighted by Gasteiger charge is -2.12. The molecule has 0 spiro atoms. The number of rotatable bonds is 4. The summed E-state index contributed by atoms with van der Waals surface area (Å²) < 4.78 is 13.8. The van der Waals surface area contributed by atoms with Gasteiger partial charge in [-0.15, -0.1) is 0 Å². The Kier molecular flexibility index (Phi) is 4.98. The Hall–Kier alpha value is -3.55. The summed E-state index contributed by atoms with van der Waals surface area (Å²) in [4.78, 5) is 30.9. The second kappa shape index (κ2) is 7.36. The van der Waals surface area contributed by atoms with Crippen LogP contribution in [0.25, 0.3) is 22.0 Å². The molecule has 2 aromatic heterocycles. The Morgan fingerprint density at radius 3 is 2.63 bits per heavy atom. The van der Waals surface area contributed by atoms with Crippen molar-refractivity contribution in [3.63, 3.8) is 0 Å². The number of carbonyl (C=O) groups excluding carboxylic acids is 1. The molecular formula is C19H17FN4O3. The highest BCUT2D eigenvalue weighted by Crippen LogP contribution is 2.30. The van der Waals surface area contributed by atoms with E-state index in [1.165, 1.54) is 19.1 Å². The SMILES string of the molecule is CCc1nc2cc(NC(C)=O)ncc2cc1-c1ccc(F)c(NC(=O)O)c1. The van der Waals surface area contributed by atoms with E-state index < -0.39 is 11.9 Å². The van der Waals surface area contributed by atoms with Gasteiger partial charge in [0.15, 0.2) is 0 Å². The molecule has 7 nitrogen and oxygen atoms in total. The number of hydrogen-bond acceptors (Lipinski definition) is 4. The largest absolute Gasteiger partial charge is 0.465 e. The van der Waals surface area contributed by atoms with Gasteiger partial charge in [-0.2, -0.15) is 0 Å². The van der Waals surface area contributed by atoms with E-state index in [2.05, 4.69) is 20.6 Å². The minimum atomic E-state index is -1.34. The van der Waals surface area contributed by atoms with Gasteiger partial charge >= 0.3 is 6.09 Å².